The molecule has 5 nitrogen and oxygen atoms in total. The lowest BCUT2D eigenvalue weighted by Crippen LogP contribution is -2.52. The number of nitrogens with zero attached hydrogens (tertiary/aromatic N) is 2. The quantitative estimate of drug-likeness (QED) is 0.848. The van der Waals surface area contributed by atoms with Crippen molar-refractivity contribution in [3.8, 4) is 0 Å². The second-order valence-electron chi connectivity index (χ2n) is 8.26. The molecule has 152 valence electrons. The first-order valence-corrected chi connectivity index (χ1v) is 10.5. The molecule has 0 bridgehead atoms. The Labute approximate surface area is 172 Å². The molecule has 1 N–H and O–H groups in total. The third kappa shape index (κ3) is 4.51. The van der Waals surface area contributed by atoms with Crippen LogP contribution in [0.3, 0.4) is 0 Å². The second kappa shape index (κ2) is 8.37. The summed E-state index contributed by atoms with van der Waals surface area (Å²) in [4.78, 5) is 29.9. The molecule has 1 atom stereocenters. The van der Waals surface area contributed by atoms with Gasteiger partial charge in [0.1, 0.15) is 6.04 Å². The van der Waals surface area contributed by atoms with Gasteiger partial charge in [0.15, 0.2) is 0 Å². The van der Waals surface area contributed by atoms with Crippen LogP contribution in [0.4, 0.5) is 5.69 Å². The van der Waals surface area contributed by atoms with Crippen molar-refractivity contribution in [3.63, 3.8) is 0 Å². The number of benzene rings is 2. The van der Waals surface area contributed by atoms with Crippen molar-refractivity contribution < 1.29 is 9.59 Å². The number of hydrogen-bond acceptors (Lipinski definition) is 3. The maximum atomic E-state index is 13.4. The smallest absolute Gasteiger partial charge is 0.246 e. The number of carbonyl (C=O) groups excluding carboxylic acids is 2. The standard InChI is InChI=1S/C24H29N3O2/c1-17-8-9-18(2)21(16-17)25-23(28)22(19-6-4-3-5-7-19)26-12-14-27(15-13-26)24(29)20-10-11-20/h3-9,16,20,22H,10-15H2,1-2H3,(H,25,28). The van der Waals surface area contributed by atoms with Crippen molar-refractivity contribution in [1.29, 1.82) is 0 Å². The third-order valence-corrected chi connectivity index (χ3v) is 5.93. The van der Waals surface area contributed by atoms with Gasteiger partial charge in [-0.15, -0.1) is 0 Å². The molecule has 1 heterocycles. The van der Waals surface area contributed by atoms with Crippen LogP contribution in [0, 0.1) is 19.8 Å². The van der Waals surface area contributed by atoms with E-state index in [1.807, 2.05) is 61.2 Å². The van der Waals surface area contributed by atoms with Gasteiger partial charge in [0, 0.05) is 37.8 Å². The van der Waals surface area contributed by atoms with Gasteiger partial charge in [0.25, 0.3) is 0 Å². The number of hydrogen-bond donors (Lipinski definition) is 1. The van der Waals surface area contributed by atoms with Crippen molar-refractivity contribution in [2.45, 2.75) is 32.7 Å². The van der Waals surface area contributed by atoms with E-state index < -0.39 is 0 Å². The summed E-state index contributed by atoms with van der Waals surface area (Å²) in [5, 5.41) is 3.15. The van der Waals surface area contributed by atoms with Gasteiger partial charge in [-0.05, 0) is 49.4 Å². The minimum absolute atomic E-state index is 0.0214. The highest BCUT2D eigenvalue weighted by Crippen LogP contribution is 2.32. The first-order valence-electron chi connectivity index (χ1n) is 10.5. The first kappa shape index (κ1) is 19.6. The van der Waals surface area contributed by atoms with Crippen LogP contribution in [0.1, 0.15) is 35.6 Å². The number of rotatable bonds is 5. The zero-order valence-electron chi connectivity index (χ0n) is 17.2. The Morgan fingerprint density at radius 1 is 0.966 bits per heavy atom. The molecule has 5 heteroatoms. The fourth-order valence-corrected chi connectivity index (χ4v) is 4.02. The largest absolute Gasteiger partial charge is 0.340 e. The monoisotopic (exact) mass is 391 g/mol. The molecule has 2 fully saturated rings. The molecule has 1 aliphatic heterocycles. The predicted octanol–water partition coefficient (Wildman–Crippen LogP) is 3.54. The van der Waals surface area contributed by atoms with Crippen molar-refractivity contribution >= 4 is 17.5 Å². The Hall–Kier alpha value is -2.66. The van der Waals surface area contributed by atoms with E-state index >= 15 is 0 Å². The normalized spacial score (nSPS) is 18.3. The molecule has 2 aromatic carbocycles. The molecular formula is C24H29N3O2. The van der Waals surface area contributed by atoms with Gasteiger partial charge in [-0.3, -0.25) is 14.5 Å². The van der Waals surface area contributed by atoms with Crippen LogP contribution in [0.5, 0.6) is 0 Å². The summed E-state index contributed by atoms with van der Waals surface area (Å²) in [5.74, 6) is 0.520. The molecule has 1 saturated heterocycles. The molecule has 0 radical (unpaired) electrons. The SMILES string of the molecule is Cc1ccc(C)c(NC(=O)C(c2ccccc2)N2CCN(C(=O)C3CC3)CC2)c1. The number of anilines is 1. The molecule has 1 saturated carbocycles. The average molecular weight is 392 g/mol. The number of carbonyl (C=O) groups is 2. The van der Waals surface area contributed by atoms with Crippen LogP contribution in [0.15, 0.2) is 48.5 Å². The van der Waals surface area contributed by atoms with Crippen LogP contribution in [-0.4, -0.2) is 47.8 Å². The lowest BCUT2D eigenvalue weighted by molar-refractivity contribution is -0.135. The summed E-state index contributed by atoms with van der Waals surface area (Å²) in [5.41, 5.74) is 4.01. The summed E-state index contributed by atoms with van der Waals surface area (Å²) in [6, 6.07) is 15.7. The topological polar surface area (TPSA) is 52.7 Å². The maximum absolute atomic E-state index is 13.4. The Morgan fingerprint density at radius 2 is 1.66 bits per heavy atom. The van der Waals surface area contributed by atoms with Gasteiger partial charge in [-0.1, -0.05) is 42.5 Å². The second-order valence-corrected chi connectivity index (χ2v) is 8.26. The van der Waals surface area contributed by atoms with Gasteiger partial charge in [-0.25, -0.2) is 0 Å². The van der Waals surface area contributed by atoms with E-state index in [1.165, 1.54) is 0 Å². The number of aryl methyl sites for hydroxylation is 2. The van der Waals surface area contributed by atoms with Gasteiger partial charge in [0.05, 0.1) is 0 Å². The molecular weight excluding hydrogens is 362 g/mol. The molecule has 1 aliphatic carbocycles. The van der Waals surface area contributed by atoms with Crippen LogP contribution in [0.25, 0.3) is 0 Å². The fraction of sp³-hybridized carbons (Fsp3) is 0.417. The molecule has 2 aliphatic rings. The van der Waals surface area contributed by atoms with Crippen molar-refractivity contribution in [2.24, 2.45) is 5.92 Å². The number of nitrogens with one attached hydrogen (secondary N) is 1. The summed E-state index contributed by atoms with van der Waals surface area (Å²) < 4.78 is 0. The minimum atomic E-state index is -0.366. The lowest BCUT2D eigenvalue weighted by atomic mass is 10.0. The van der Waals surface area contributed by atoms with Crippen LogP contribution >= 0.6 is 0 Å². The lowest BCUT2D eigenvalue weighted by Gasteiger charge is -2.39. The highest BCUT2D eigenvalue weighted by molar-refractivity contribution is 5.96. The number of piperazine rings is 1. The molecule has 2 aromatic rings. The van der Waals surface area contributed by atoms with Gasteiger partial charge in [-0.2, -0.15) is 0 Å². The molecule has 4 rings (SSSR count). The highest BCUT2D eigenvalue weighted by Gasteiger charge is 2.37. The van der Waals surface area contributed by atoms with E-state index in [4.69, 9.17) is 0 Å². The Morgan fingerprint density at radius 3 is 2.31 bits per heavy atom. The van der Waals surface area contributed by atoms with E-state index in [9.17, 15) is 9.59 Å². The summed E-state index contributed by atoms with van der Waals surface area (Å²) in [7, 11) is 0. The van der Waals surface area contributed by atoms with E-state index in [1.54, 1.807) is 0 Å². The van der Waals surface area contributed by atoms with Crippen molar-refractivity contribution in [2.75, 3.05) is 31.5 Å². The predicted molar refractivity (Wildman–Crippen MR) is 115 cm³/mol. The zero-order valence-corrected chi connectivity index (χ0v) is 17.2. The summed E-state index contributed by atoms with van der Waals surface area (Å²) in [6.07, 6.45) is 2.06. The van der Waals surface area contributed by atoms with Crippen molar-refractivity contribution in [1.82, 2.24) is 9.80 Å². The third-order valence-electron chi connectivity index (χ3n) is 5.93. The molecule has 2 amide bonds. The molecule has 1 unspecified atom stereocenters. The van der Waals surface area contributed by atoms with Gasteiger partial charge >= 0.3 is 0 Å². The Balaban J connectivity index is 1.52. The van der Waals surface area contributed by atoms with Gasteiger partial charge in [0.2, 0.25) is 11.8 Å². The molecule has 0 aromatic heterocycles. The maximum Gasteiger partial charge on any atom is 0.246 e. The molecule has 0 spiro atoms. The Kier molecular flexibility index (Phi) is 5.67. The summed E-state index contributed by atoms with van der Waals surface area (Å²) in [6.45, 7) is 6.83. The fourth-order valence-electron chi connectivity index (χ4n) is 4.02. The highest BCUT2D eigenvalue weighted by atomic mass is 16.2. The number of amides is 2. The van der Waals surface area contributed by atoms with Crippen molar-refractivity contribution in [3.05, 3.63) is 65.2 Å². The van der Waals surface area contributed by atoms with Gasteiger partial charge < -0.3 is 10.2 Å². The molecule has 29 heavy (non-hydrogen) atoms. The average Bonchev–Trinajstić information content (AvgIpc) is 3.57. The minimum Gasteiger partial charge on any atom is -0.340 e. The van der Waals surface area contributed by atoms with E-state index in [-0.39, 0.29) is 17.9 Å². The Bertz CT molecular complexity index is 884. The van der Waals surface area contributed by atoms with Crippen LogP contribution in [-0.2, 0) is 9.59 Å². The van der Waals surface area contributed by atoms with E-state index in [0.717, 1.165) is 35.2 Å². The van der Waals surface area contributed by atoms with Crippen LogP contribution < -0.4 is 5.32 Å². The van der Waals surface area contributed by atoms with Crippen LogP contribution in [0.2, 0.25) is 0 Å². The first-order chi connectivity index (χ1) is 14.0. The van der Waals surface area contributed by atoms with E-state index in [0.29, 0.717) is 32.1 Å². The summed E-state index contributed by atoms with van der Waals surface area (Å²) >= 11 is 0. The van der Waals surface area contributed by atoms with E-state index in [2.05, 4.69) is 16.3 Å². The zero-order chi connectivity index (χ0) is 20.4.